The van der Waals surface area contributed by atoms with Gasteiger partial charge in [0.1, 0.15) is 5.82 Å². The van der Waals surface area contributed by atoms with E-state index in [1.165, 1.54) is 10.9 Å². The Morgan fingerprint density at radius 1 is 1.31 bits per heavy atom. The Hall–Kier alpha value is -3.41. The van der Waals surface area contributed by atoms with Crippen LogP contribution >= 0.6 is 0 Å². The van der Waals surface area contributed by atoms with Gasteiger partial charge in [-0.15, -0.1) is 0 Å². The molecule has 29 heavy (non-hydrogen) atoms. The Morgan fingerprint density at radius 2 is 2.14 bits per heavy atom. The standard InChI is InChI=1S/C23H24N4O2/c1-3-27-15-18(19-6-4-5-7-20(19)27)14-26(2)22(29)11-8-16-12-17-9-10-21(28)25-23(17)24-13-16/h4-8,11-13,15H,3,9-10,14H2,1-2H3,(H,24,25,28). The maximum absolute atomic E-state index is 12.6. The van der Waals surface area contributed by atoms with Crippen molar-refractivity contribution in [2.45, 2.75) is 32.9 Å². The van der Waals surface area contributed by atoms with Gasteiger partial charge in [-0.3, -0.25) is 9.59 Å². The smallest absolute Gasteiger partial charge is 0.246 e. The second kappa shape index (κ2) is 7.91. The molecule has 1 aromatic carbocycles. The van der Waals surface area contributed by atoms with Crippen LogP contribution < -0.4 is 5.32 Å². The first-order valence-electron chi connectivity index (χ1n) is 9.84. The van der Waals surface area contributed by atoms with E-state index < -0.39 is 0 Å². The van der Waals surface area contributed by atoms with Crippen molar-refractivity contribution in [1.82, 2.24) is 14.5 Å². The van der Waals surface area contributed by atoms with E-state index in [-0.39, 0.29) is 11.8 Å². The zero-order valence-corrected chi connectivity index (χ0v) is 16.7. The number of aryl methyl sites for hydroxylation is 2. The van der Waals surface area contributed by atoms with E-state index in [2.05, 4.69) is 40.1 Å². The Balaban J connectivity index is 1.47. The number of carbonyl (C=O) groups is 2. The molecule has 0 unspecified atom stereocenters. The number of carbonyl (C=O) groups excluding carboxylic acids is 2. The number of pyridine rings is 1. The van der Waals surface area contributed by atoms with Crippen LogP contribution in [0.4, 0.5) is 5.82 Å². The van der Waals surface area contributed by atoms with Gasteiger partial charge in [-0.25, -0.2) is 4.98 Å². The van der Waals surface area contributed by atoms with Crippen molar-refractivity contribution in [2.75, 3.05) is 12.4 Å². The molecule has 0 fully saturated rings. The molecule has 0 saturated carbocycles. The molecule has 0 saturated heterocycles. The van der Waals surface area contributed by atoms with Crippen LogP contribution in [0.2, 0.25) is 0 Å². The van der Waals surface area contributed by atoms with Crippen LogP contribution in [0.1, 0.15) is 30.0 Å². The lowest BCUT2D eigenvalue weighted by Gasteiger charge is -2.16. The van der Waals surface area contributed by atoms with Crippen LogP contribution in [-0.4, -0.2) is 33.3 Å². The topological polar surface area (TPSA) is 67.2 Å². The van der Waals surface area contributed by atoms with Gasteiger partial charge >= 0.3 is 0 Å². The molecule has 2 aromatic heterocycles. The van der Waals surface area contributed by atoms with Crippen molar-refractivity contribution in [2.24, 2.45) is 0 Å². The van der Waals surface area contributed by atoms with Gasteiger partial charge in [0.15, 0.2) is 0 Å². The fraction of sp³-hybridized carbons (Fsp3) is 0.261. The van der Waals surface area contributed by atoms with Crippen LogP contribution in [0.5, 0.6) is 0 Å². The van der Waals surface area contributed by atoms with E-state index in [9.17, 15) is 9.59 Å². The summed E-state index contributed by atoms with van der Waals surface area (Å²) in [7, 11) is 1.81. The summed E-state index contributed by atoms with van der Waals surface area (Å²) in [5.41, 5.74) is 4.18. The second-order valence-corrected chi connectivity index (χ2v) is 7.31. The summed E-state index contributed by atoms with van der Waals surface area (Å²) in [6.45, 7) is 3.56. The van der Waals surface area contributed by atoms with Crippen molar-refractivity contribution in [3.8, 4) is 0 Å². The first-order valence-corrected chi connectivity index (χ1v) is 9.84. The molecular weight excluding hydrogens is 364 g/mol. The third-order valence-corrected chi connectivity index (χ3v) is 5.28. The van der Waals surface area contributed by atoms with E-state index in [0.29, 0.717) is 25.2 Å². The molecule has 2 amide bonds. The fourth-order valence-electron chi connectivity index (χ4n) is 3.70. The molecule has 1 aliphatic heterocycles. The first-order chi connectivity index (χ1) is 14.0. The van der Waals surface area contributed by atoms with E-state index in [1.54, 1.807) is 23.2 Å². The average molecular weight is 388 g/mol. The molecule has 148 valence electrons. The zero-order chi connectivity index (χ0) is 20.4. The van der Waals surface area contributed by atoms with E-state index in [1.807, 2.05) is 25.2 Å². The van der Waals surface area contributed by atoms with Crippen molar-refractivity contribution in [3.63, 3.8) is 0 Å². The zero-order valence-electron chi connectivity index (χ0n) is 16.7. The quantitative estimate of drug-likeness (QED) is 0.679. The van der Waals surface area contributed by atoms with Crippen molar-refractivity contribution in [3.05, 3.63) is 65.5 Å². The van der Waals surface area contributed by atoms with E-state index in [0.717, 1.165) is 23.2 Å². The molecule has 6 heteroatoms. The lowest BCUT2D eigenvalue weighted by Crippen LogP contribution is -2.24. The summed E-state index contributed by atoms with van der Waals surface area (Å²) in [6.07, 6.45) is 8.28. The summed E-state index contributed by atoms with van der Waals surface area (Å²) in [6, 6.07) is 10.2. The van der Waals surface area contributed by atoms with Gasteiger partial charge in [0.05, 0.1) is 0 Å². The van der Waals surface area contributed by atoms with E-state index >= 15 is 0 Å². The maximum atomic E-state index is 12.6. The number of para-hydroxylation sites is 1. The first kappa shape index (κ1) is 18.9. The lowest BCUT2D eigenvalue weighted by molar-refractivity contribution is -0.125. The highest BCUT2D eigenvalue weighted by molar-refractivity contribution is 5.94. The van der Waals surface area contributed by atoms with Gasteiger partial charge in [0, 0.05) is 55.9 Å². The summed E-state index contributed by atoms with van der Waals surface area (Å²) in [5.74, 6) is 0.549. The Morgan fingerprint density at radius 3 is 2.97 bits per heavy atom. The minimum Gasteiger partial charge on any atom is -0.347 e. The molecule has 4 rings (SSSR count). The predicted molar refractivity (Wildman–Crippen MR) is 114 cm³/mol. The van der Waals surface area contributed by atoms with Crippen LogP contribution in [0.25, 0.3) is 17.0 Å². The monoisotopic (exact) mass is 388 g/mol. The second-order valence-electron chi connectivity index (χ2n) is 7.31. The molecule has 3 heterocycles. The molecular formula is C23H24N4O2. The number of aromatic nitrogens is 2. The minimum atomic E-state index is -0.0654. The molecule has 1 N–H and O–H groups in total. The lowest BCUT2D eigenvalue weighted by atomic mass is 10.0. The van der Waals surface area contributed by atoms with Crippen molar-refractivity contribution < 1.29 is 9.59 Å². The minimum absolute atomic E-state index is 0.00507. The Bertz CT molecular complexity index is 1110. The molecule has 0 radical (unpaired) electrons. The van der Waals surface area contributed by atoms with Gasteiger partial charge in [-0.05, 0) is 48.2 Å². The fourth-order valence-corrected chi connectivity index (χ4v) is 3.70. The Labute approximate surface area is 169 Å². The van der Waals surface area contributed by atoms with Crippen LogP contribution in [-0.2, 0) is 29.1 Å². The molecule has 6 nitrogen and oxygen atoms in total. The number of anilines is 1. The summed E-state index contributed by atoms with van der Waals surface area (Å²) in [4.78, 5) is 30.1. The summed E-state index contributed by atoms with van der Waals surface area (Å²) in [5, 5.41) is 3.95. The number of fused-ring (bicyclic) bond motifs is 2. The van der Waals surface area contributed by atoms with Crippen molar-refractivity contribution in [1.29, 1.82) is 0 Å². The highest BCUT2D eigenvalue weighted by Gasteiger charge is 2.16. The largest absolute Gasteiger partial charge is 0.347 e. The van der Waals surface area contributed by atoms with Crippen LogP contribution in [0, 0.1) is 0 Å². The predicted octanol–water partition coefficient (Wildman–Crippen LogP) is 3.61. The van der Waals surface area contributed by atoms with Gasteiger partial charge in [-0.1, -0.05) is 18.2 Å². The SMILES string of the molecule is CCn1cc(CN(C)C(=O)C=Cc2cnc3c(c2)CCC(=O)N3)c2ccccc21. The van der Waals surface area contributed by atoms with Gasteiger partial charge in [0.2, 0.25) is 11.8 Å². The highest BCUT2D eigenvalue weighted by atomic mass is 16.2. The molecule has 0 atom stereocenters. The number of amides is 2. The summed E-state index contributed by atoms with van der Waals surface area (Å²) >= 11 is 0. The van der Waals surface area contributed by atoms with Gasteiger partial charge < -0.3 is 14.8 Å². The van der Waals surface area contributed by atoms with Crippen LogP contribution in [0.3, 0.4) is 0 Å². The highest BCUT2D eigenvalue weighted by Crippen LogP contribution is 2.23. The number of nitrogens with one attached hydrogen (secondary N) is 1. The number of benzene rings is 1. The maximum Gasteiger partial charge on any atom is 0.246 e. The van der Waals surface area contributed by atoms with Gasteiger partial charge in [-0.2, -0.15) is 0 Å². The van der Waals surface area contributed by atoms with Gasteiger partial charge in [0.25, 0.3) is 0 Å². The van der Waals surface area contributed by atoms with E-state index in [4.69, 9.17) is 0 Å². The molecule has 0 spiro atoms. The van der Waals surface area contributed by atoms with Crippen molar-refractivity contribution >= 4 is 34.6 Å². The summed E-state index contributed by atoms with van der Waals surface area (Å²) < 4.78 is 2.20. The number of likely N-dealkylation sites (N-methyl/N-ethyl adjacent to an activating group) is 1. The Kier molecular flexibility index (Phi) is 5.16. The number of hydrogen-bond acceptors (Lipinski definition) is 3. The number of nitrogens with zero attached hydrogens (tertiary/aromatic N) is 3. The third-order valence-electron chi connectivity index (χ3n) is 5.28. The number of rotatable bonds is 5. The molecule has 0 aliphatic carbocycles. The molecule has 3 aromatic rings. The third kappa shape index (κ3) is 3.92. The number of hydrogen-bond donors (Lipinski definition) is 1. The molecule has 1 aliphatic rings. The van der Waals surface area contributed by atoms with Crippen LogP contribution in [0.15, 0.2) is 48.8 Å². The molecule has 0 bridgehead atoms. The normalized spacial score (nSPS) is 13.5. The average Bonchev–Trinajstić information content (AvgIpc) is 3.09.